The molecule has 0 saturated carbocycles. The normalized spacial score (nSPS) is 11.3. The van der Waals surface area contributed by atoms with Crippen LogP contribution in [0.25, 0.3) is 0 Å². The molecule has 0 fully saturated rings. The van der Waals surface area contributed by atoms with E-state index in [1.165, 1.54) is 24.3 Å². The van der Waals surface area contributed by atoms with E-state index in [-0.39, 0.29) is 6.42 Å². The average Bonchev–Trinajstić information content (AvgIpc) is 2.76. The van der Waals surface area contributed by atoms with Crippen LogP contribution in [0.15, 0.2) is 20.0 Å². The van der Waals surface area contributed by atoms with Crippen LogP contribution >= 0.6 is 0 Å². The number of unbranched alkanes of at least 4 members (excludes halogenated alkanes) is 8. The van der Waals surface area contributed by atoms with E-state index in [2.05, 4.69) is 33.8 Å². The molecule has 0 aliphatic heterocycles. The van der Waals surface area contributed by atoms with Crippen LogP contribution in [0.5, 0.6) is 0 Å². The van der Waals surface area contributed by atoms with E-state index >= 15 is 0 Å². The molecule has 0 bridgehead atoms. The molecule has 0 rings (SSSR count). The molecule has 0 radical (unpaired) electrons. The van der Waals surface area contributed by atoms with Crippen molar-refractivity contribution in [2.75, 3.05) is 19.8 Å². The van der Waals surface area contributed by atoms with Crippen molar-refractivity contribution in [1.82, 2.24) is 0 Å². The molecule has 174 valence electrons. The average molecular weight is 437 g/mol. The smallest absolute Gasteiger partial charge is 0.277 e. The van der Waals surface area contributed by atoms with Crippen molar-refractivity contribution in [3.8, 4) is 0 Å². The van der Waals surface area contributed by atoms with Crippen molar-refractivity contribution in [2.24, 2.45) is 20.0 Å². The monoisotopic (exact) mass is 436 g/mol. The molecule has 0 amide bonds. The number of hydrogen-bond acceptors (Lipinski definition) is 9. The second kappa shape index (κ2) is 25.5. The second-order valence-electron chi connectivity index (χ2n) is 6.90. The molecule has 0 saturated heterocycles. The predicted octanol–water partition coefficient (Wildman–Crippen LogP) is 4.71. The van der Waals surface area contributed by atoms with Gasteiger partial charge < -0.3 is 4.74 Å². The van der Waals surface area contributed by atoms with Gasteiger partial charge in [0.05, 0.1) is 6.54 Å². The molecule has 9 heteroatoms. The summed E-state index contributed by atoms with van der Waals surface area (Å²) in [4.78, 5) is 54.5. The Morgan fingerprint density at radius 2 is 1.03 bits per heavy atom. The number of carbonyl (C=O) groups excluding carboxylic acids is 4. The Labute approximate surface area is 185 Å². The molecule has 0 aliphatic carbocycles. The fraction of sp³-hybridized carbons (Fsp3) is 0.818. The predicted molar refractivity (Wildman–Crippen MR) is 118 cm³/mol. The first-order chi connectivity index (χ1) is 15.2. The molecular formula is C22H36N4O5. The highest BCUT2D eigenvalue weighted by Gasteiger charge is 2.28. The van der Waals surface area contributed by atoms with Gasteiger partial charge in [-0.15, -0.1) is 0 Å². The Balaban J connectivity index is 0. The number of rotatable bonds is 19. The molecule has 0 atom stereocenters. The van der Waals surface area contributed by atoms with Crippen molar-refractivity contribution in [2.45, 2.75) is 96.7 Å². The van der Waals surface area contributed by atoms with Crippen molar-refractivity contribution in [1.29, 1.82) is 0 Å². The lowest BCUT2D eigenvalue weighted by Crippen LogP contribution is -2.20. The van der Waals surface area contributed by atoms with Gasteiger partial charge >= 0.3 is 0 Å². The molecule has 0 aromatic rings. The molecule has 0 aromatic carbocycles. The highest BCUT2D eigenvalue weighted by molar-refractivity contribution is 5.42. The summed E-state index contributed by atoms with van der Waals surface area (Å²) in [6.45, 7) is 6.65. The quantitative estimate of drug-likeness (QED) is 0.165. The summed E-state index contributed by atoms with van der Waals surface area (Å²) in [5.41, 5.74) is 0. The van der Waals surface area contributed by atoms with Gasteiger partial charge in [-0.05, 0) is 25.7 Å². The molecular weight excluding hydrogens is 400 g/mol. The van der Waals surface area contributed by atoms with Crippen LogP contribution in [0.2, 0.25) is 0 Å². The highest BCUT2D eigenvalue weighted by atomic mass is 16.5. The van der Waals surface area contributed by atoms with Crippen LogP contribution in [0.3, 0.4) is 0 Å². The first-order valence-electron chi connectivity index (χ1n) is 11.0. The van der Waals surface area contributed by atoms with Crippen LogP contribution < -0.4 is 0 Å². The van der Waals surface area contributed by atoms with Gasteiger partial charge in [0.15, 0.2) is 0 Å². The third-order valence-corrected chi connectivity index (χ3v) is 4.22. The lowest BCUT2D eigenvalue weighted by atomic mass is 10.0. The topological polar surface area (TPSA) is 127 Å². The standard InChI is InChI=1S/C16H22N4O4.C6H14O/c21-12-17-11-9-7-5-3-1-2-4-6-8-10-16(18-13-22,19-14-23)20-15-24;1-3-5-7-6-4-2/h1-11H2;3-6H2,1-2H3. The maximum Gasteiger partial charge on any atom is 0.277 e. The summed E-state index contributed by atoms with van der Waals surface area (Å²) in [5, 5.41) is 0. The summed E-state index contributed by atoms with van der Waals surface area (Å²) >= 11 is 0. The number of aliphatic imine (C=N–C) groups is 4. The Morgan fingerprint density at radius 1 is 0.613 bits per heavy atom. The van der Waals surface area contributed by atoms with E-state index < -0.39 is 5.79 Å². The van der Waals surface area contributed by atoms with Crippen molar-refractivity contribution in [3.63, 3.8) is 0 Å². The minimum Gasteiger partial charge on any atom is -0.381 e. The van der Waals surface area contributed by atoms with Gasteiger partial charge in [-0.2, -0.15) is 15.0 Å². The first kappa shape index (κ1) is 30.7. The number of ether oxygens (including phenoxy) is 1. The molecule has 31 heavy (non-hydrogen) atoms. The molecule has 9 nitrogen and oxygen atoms in total. The van der Waals surface area contributed by atoms with Crippen molar-refractivity contribution >= 4 is 24.3 Å². The van der Waals surface area contributed by atoms with E-state index in [9.17, 15) is 19.2 Å². The number of isocyanates is 4. The number of hydrogen-bond donors (Lipinski definition) is 0. The molecule has 0 spiro atoms. The lowest BCUT2D eigenvalue weighted by molar-refractivity contribution is 0.135. The van der Waals surface area contributed by atoms with Crippen LogP contribution in [0.4, 0.5) is 0 Å². The Hall–Kier alpha value is -2.52. The third-order valence-electron chi connectivity index (χ3n) is 4.22. The van der Waals surface area contributed by atoms with Gasteiger partial charge in [-0.3, -0.25) is 0 Å². The minimum absolute atomic E-state index is 0.171. The van der Waals surface area contributed by atoms with E-state index in [1.807, 2.05) is 0 Å². The molecule has 0 heterocycles. The summed E-state index contributed by atoms with van der Waals surface area (Å²) in [6, 6.07) is 0. The van der Waals surface area contributed by atoms with Crippen molar-refractivity contribution in [3.05, 3.63) is 0 Å². The Morgan fingerprint density at radius 3 is 1.42 bits per heavy atom. The van der Waals surface area contributed by atoms with Gasteiger partial charge in [0.25, 0.3) is 5.79 Å². The molecule has 0 aromatic heterocycles. The number of nitrogens with zero attached hydrogens (tertiary/aromatic N) is 4. The first-order valence-corrected chi connectivity index (χ1v) is 11.0. The summed E-state index contributed by atoms with van der Waals surface area (Å²) in [6.07, 6.45) is 16.7. The van der Waals surface area contributed by atoms with E-state index in [4.69, 9.17) is 4.74 Å². The zero-order valence-electron chi connectivity index (χ0n) is 18.9. The Kier molecular flexibility index (Phi) is 25.2. The highest BCUT2D eigenvalue weighted by Crippen LogP contribution is 2.22. The van der Waals surface area contributed by atoms with E-state index in [0.29, 0.717) is 13.0 Å². The summed E-state index contributed by atoms with van der Waals surface area (Å²) in [5.74, 6) is -1.74. The van der Waals surface area contributed by atoms with Crippen LogP contribution in [-0.4, -0.2) is 49.9 Å². The fourth-order valence-electron chi connectivity index (χ4n) is 2.69. The second-order valence-corrected chi connectivity index (χ2v) is 6.90. The zero-order valence-corrected chi connectivity index (χ0v) is 18.9. The largest absolute Gasteiger partial charge is 0.381 e. The van der Waals surface area contributed by atoms with Gasteiger partial charge in [-0.1, -0.05) is 58.8 Å². The van der Waals surface area contributed by atoms with Crippen LogP contribution in [-0.2, 0) is 23.9 Å². The Bertz CT molecular complexity index is 566. The minimum atomic E-state index is -1.74. The van der Waals surface area contributed by atoms with Gasteiger partial charge in [-0.25, -0.2) is 24.2 Å². The summed E-state index contributed by atoms with van der Waals surface area (Å²) in [7, 11) is 0. The van der Waals surface area contributed by atoms with Gasteiger partial charge in [0.1, 0.15) is 0 Å². The molecule has 0 aliphatic rings. The molecule has 0 N–H and O–H groups in total. The molecule has 0 unspecified atom stereocenters. The summed E-state index contributed by atoms with van der Waals surface area (Å²) < 4.78 is 5.13. The fourth-order valence-corrected chi connectivity index (χ4v) is 2.69. The van der Waals surface area contributed by atoms with Crippen LogP contribution in [0.1, 0.15) is 90.9 Å². The van der Waals surface area contributed by atoms with Gasteiger partial charge in [0.2, 0.25) is 24.3 Å². The van der Waals surface area contributed by atoms with Crippen molar-refractivity contribution < 1.29 is 23.9 Å². The van der Waals surface area contributed by atoms with Crippen LogP contribution in [0, 0.1) is 0 Å². The van der Waals surface area contributed by atoms with E-state index in [1.54, 1.807) is 0 Å². The third kappa shape index (κ3) is 22.0. The van der Waals surface area contributed by atoms with E-state index in [0.717, 1.165) is 77.4 Å². The SMILES string of the molecule is CCCOCCC.O=C=NCCCCCCCCCCCC(N=C=O)(N=C=O)N=C=O. The van der Waals surface area contributed by atoms with Gasteiger partial charge in [0, 0.05) is 19.6 Å². The lowest BCUT2D eigenvalue weighted by Gasteiger charge is -2.14. The zero-order chi connectivity index (χ0) is 23.5. The maximum atomic E-state index is 10.4. The maximum absolute atomic E-state index is 10.4.